The number of methoxy groups -OCH3 is 1. The van der Waals surface area contributed by atoms with E-state index in [9.17, 15) is 14.4 Å². The number of amides is 1. The summed E-state index contributed by atoms with van der Waals surface area (Å²) in [4.78, 5) is 41.9. The van der Waals surface area contributed by atoms with Gasteiger partial charge in [-0.2, -0.15) is 4.98 Å². The highest BCUT2D eigenvalue weighted by Crippen LogP contribution is 2.40. The van der Waals surface area contributed by atoms with E-state index in [2.05, 4.69) is 17.2 Å². The molecule has 0 saturated heterocycles. The summed E-state index contributed by atoms with van der Waals surface area (Å²) in [6.07, 6.45) is 2.69. The second-order valence-electron chi connectivity index (χ2n) is 7.00. The molecule has 8 heteroatoms. The van der Waals surface area contributed by atoms with Gasteiger partial charge in [0, 0.05) is 16.3 Å². The summed E-state index contributed by atoms with van der Waals surface area (Å²) in [6.45, 7) is 5.52. The predicted octanol–water partition coefficient (Wildman–Crippen LogP) is 2.47. The molecule has 2 aromatic heterocycles. The monoisotopic (exact) mass is 389 g/mol. The molecule has 3 rings (SSSR count). The summed E-state index contributed by atoms with van der Waals surface area (Å²) in [5.41, 5.74) is 2.24. The molecule has 1 N–H and O–H groups in total. The molecular weight excluding hydrogens is 366 g/mol. The fourth-order valence-corrected chi connectivity index (χ4v) is 4.85. The van der Waals surface area contributed by atoms with Gasteiger partial charge < -0.3 is 10.1 Å². The molecular formula is C19H23N3O4S. The number of nitrogens with zero attached hydrogens (tertiary/aromatic N) is 2. The molecule has 27 heavy (non-hydrogen) atoms. The fourth-order valence-electron chi connectivity index (χ4n) is 3.43. The first-order chi connectivity index (χ1) is 12.8. The van der Waals surface area contributed by atoms with Gasteiger partial charge in [0.2, 0.25) is 5.91 Å². The Bertz CT molecular complexity index is 961. The van der Waals surface area contributed by atoms with Crippen molar-refractivity contribution in [3.8, 4) is 0 Å². The molecule has 144 valence electrons. The minimum absolute atomic E-state index is 0.155. The number of ether oxygens (including phenoxy) is 1. The molecule has 2 aromatic rings. The van der Waals surface area contributed by atoms with E-state index in [1.165, 1.54) is 23.0 Å². The van der Waals surface area contributed by atoms with Crippen LogP contribution in [0.15, 0.2) is 10.9 Å². The second-order valence-corrected chi connectivity index (χ2v) is 8.11. The summed E-state index contributed by atoms with van der Waals surface area (Å²) >= 11 is 1.42. The van der Waals surface area contributed by atoms with Crippen LogP contribution in [0.25, 0.3) is 0 Å². The molecule has 1 aliphatic rings. The highest BCUT2D eigenvalue weighted by molar-refractivity contribution is 7.17. The zero-order valence-electron chi connectivity index (χ0n) is 15.9. The van der Waals surface area contributed by atoms with Crippen LogP contribution in [0.3, 0.4) is 0 Å². The Hall–Kier alpha value is -2.48. The lowest BCUT2D eigenvalue weighted by Gasteiger charge is -2.18. The molecule has 1 amide bonds. The van der Waals surface area contributed by atoms with Crippen LogP contribution < -0.4 is 11.0 Å². The van der Waals surface area contributed by atoms with Gasteiger partial charge in [-0.1, -0.05) is 6.92 Å². The van der Waals surface area contributed by atoms with Crippen LogP contribution in [0.1, 0.15) is 45.5 Å². The minimum Gasteiger partial charge on any atom is -0.465 e. The van der Waals surface area contributed by atoms with E-state index in [-0.39, 0.29) is 12.5 Å². The third-order valence-electron chi connectivity index (χ3n) is 4.80. The lowest BCUT2D eigenvalue weighted by atomic mass is 9.88. The van der Waals surface area contributed by atoms with Crippen LogP contribution in [-0.4, -0.2) is 28.5 Å². The summed E-state index contributed by atoms with van der Waals surface area (Å²) in [6, 6.07) is 1.75. The van der Waals surface area contributed by atoms with Crippen molar-refractivity contribution in [2.75, 3.05) is 12.4 Å². The lowest BCUT2D eigenvalue weighted by molar-refractivity contribution is -0.116. The first-order valence-electron chi connectivity index (χ1n) is 8.88. The molecule has 0 spiro atoms. The quantitative estimate of drug-likeness (QED) is 0.812. The first-order valence-corrected chi connectivity index (χ1v) is 9.69. The van der Waals surface area contributed by atoms with E-state index < -0.39 is 11.7 Å². The average molecular weight is 389 g/mol. The lowest BCUT2D eigenvalue weighted by Crippen LogP contribution is -2.31. The summed E-state index contributed by atoms with van der Waals surface area (Å²) in [5, 5.41) is 3.30. The molecule has 2 heterocycles. The molecule has 0 aliphatic heterocycles. The molecule has 0 fully saturated rings. The van der Waals surface area contributed by atoms with Crippen molar-refractivity contribution in [1.29, 1.82) is 0 Å². The molecule has 1 atom stereocenters. The molecule has 0 saturated carbocycles. The molecule has 7 nitrogen and oxygen atoms in total. The maximum atomic E-state index is 12.6. The Morgan fingerprint density at radius 3 is 2.81 bits per heavy atom. The van der Waals surface area contributed by atoms with Crippen LogP contribution in [0.4, 0.5) is 5.00 Å². The third-order valence-corrected chi connectivity index (χ3v) is 5.97. The van der Waals surface area contributed by atoms with Gasteiger partial charge in [0.25, 0.3) is 0 Å². The second kappa shape index (κ2) is 7.64. The fraction of sp³-hybridized carbons (Fsp3) is 0.474. The molecule has 0 aromatic carbocycles. The van der Waals surface area contributed by atoms with Crippen LogP contribution in [0.2, 0.25) is 0 Å². The van der Waals surface area contributed by atoms with Gasteiger partial charge in [-0.25, -0.2) is 9.59 Å². The Morgan fingerprint density at radius 1 is 1.41 bits per heavy atom. The van der Waals surface area contributed by atoms with Crippen molar-refractivity contribution >= 4 is 28.2 Å². The number of carbonyl (C=O) groups excluding carboxylic acids is 2. The van der Waals surface area contributed by atoms with Crippen molar-refractivity contribution in [3.05, 3.63) is 43.9 Å². The summed E-state index contributed by atoms with van der Waals surface area (Å²) in [7, 11) is 1.34. The number of nitrogens with one attached hydrogen (secondary N) is 1. The van der Waals surface area contributed by atoms with E-state index in [1.807, 2.05) is 0 Å². The largest absolute Gasteiger partial charge is 0.465 e. The Morgan fingerprint density at radius 2 is 2.15 bits per heavy atom. The van der Waals surface area contributed by atoms with Gasteiger partial charge in [0.05, 0.1) is 12.7 Å². The zero-order valence-corrected chi connectivity index (χ0v) is 16.7. The predicted molar refractivity (Wildman–Crippen MR) is 103 cm³/mol. The number of aromatic nitrogens is 2. The third kappa shape index (κ3) is 3.95. The Balaban J connectivity index is 1.88. The van der Waals surface area contributed by atoms with Crippen molar-refractivity contribution in [3.63, 3.8) is 0 Å². The number of rotatable bonds is 4. The van der Waals surface area contributed by atoms with Crippen LogP contribution in [0.5, 0.6) is 0 Å². The van der Waals surface area contributed by atoms with Gasteiger partial charge in [0.1, 0.15) is 11.5 Å². The number of hydrogen-bond acceptors (Lipinski definition) is 6. The zero-order chi connectivity index (χ0) is 19.7. The van der Waals surface area contributed by atoms with Crippen LogP contribution in [-0.2, 0) is 28.9 Å². The summed E-state index contributed by atoms with van der Waals surface area (Å²) in [5.74, 6) is -0.268. The average Bonchev–Trinajstić information content (AvgIpc) is 2.94. The number of carbonyl (C=O) groups is 2. The molecule has 0 bridgehead atoms. The standard InChI is InChI=1S/C19H23N3O4S/c1-10-5-6-13-14(7-10)27-17(16(13)18(24)26-4)21-15(23)9-22-12(3)8-11(2)20-19(22)25/h8,10H,5-7,9H2,1-4H3,(H,21,23)/t10-/m0/s1. The smallest absolute Gasteiger partial charge is 0.348 e. The SMILES string of the molecule is COC(=O)c1c(NC(=O)Cn2c(C)cc(C)nc2=O)sc2c1CC[C@H](C)C2. The summed E-state index contributed by atoms with van der Waals surface area (Å²) < 4.78 is 6.25. The van der Waals surface area contributed by atoms with Gasteiger partial charge in [0.15, 0.2) is 0 Å². The molecule has 0 radical (unpaired) electrons. The van der Waals surface area contributed by atoms with Crippen LogP contribution in [0, 0.1) is 19.8 Å². The minimum atomic E-state index is -0.463. The van der Waals surface area contributed by atoms with E-state index >= 15 is 0 Å². The Kier molecular flexibility index (Phi) is 5.46. The maximum absolute atomic E-state index is 12.6. The maximum Gasteiger partial charge on any atom is 0.348 e. The molecule has 1 aliphatic carbocycles. The number of aryl methyl sites for hydroxylation is 2. The number of esters is 1. The number of thiophene rings is 1. The van der Waals surface area contributed by atoms with Crippen molar-refractivity contribution in [2.45, 2.75) is 46.6 Å². The van der Waals surface area contributed by atoms with E-state index in [0.717, 1.165) is 29.7 Å². The van der Waals surface area contributed by atoms with Gasteiger partial charge >= 0.3 is 11.7 Å². The van der Waals surface area contributed by atoms with Gasteiger partial charge in [-0.3, -0.25) is 9.36 Å². The highest BCUT2D eigenvalue weighted by Gasteiger charge is 2.29. The topological polar surface area (TPSA) is 90.3 Å². The van der Waals surface area contributed by atoms with Crippen molar-refractivity contribution in [1.82, 2.24) is 9.55 Å². The van der Waals surface area contributed by atoms with E-state index in [1.54, 1.807) is 19.9 Å². The van der Waals surface area contributed by atoms with Gasteiger partial charge in [-0.15, -0.1) is 11.3 Å². The first kappa shape index (κ1) is 19.3. The van der Waals surface area contributed by atoms with E-state index in [0.29, 0.717) is 27.9 Å². The molecule has 0 unspecified atom stereocenters. The van der Waals surface area contributed by atoms with E-state index in [4.69, 9.17) is 4.74 Å². The Labute approximate surface area is 161 Å². The number of fused-ring (bicyclic) bond motifs is 1. The normalized spacial score (nSPS) is 15.9. The van der Waals surface area contributed by atoms with Crippen molar-refractivity contribution < 1.29 is 14.3 Å². The van der Waals surface area contributed by atoms with Gasteiger partial charge in [-0.05, 0) is 50.7 Å². The van der Waals surface area contributed by atoms with Crippen molar-refractivity contribution in [2.24, 2.45) is 5.92 Å². The van der Waals surface area contributed by atoms with Crippen LogP contribution >= 0.6 is 11.3 Å². The number of anilines is 1. The number of hydrogen-bond donors (Lipinski definition) is 1. The highest BCUT2D eigenvalue weighted by atomic mass is 32.1.